The Morgan fingerprint density at radius 3 is 1.47 bits per heavy atom. The number of phenolic OH excluding ortho intramolecular Hbond substituents is 1. The third-order valence-electron chi connectivity index (χ3n) is 11.7. The molecule has 2 aliphatic heterocycles. The van der Waals surface area contributed by atoms with E-state index in [1.54, 1.807) is 73.8 Å². The summed E-state index contributed by atoms with van der Waals surface area (Å²) in [5.74, 6) is 1.84. The molecule has 2 fully saturated rings. The van der Waals surface area contributed by atoms with Crippen LogP contribution in [0.5, 0.6) is 23.0 Å². The van der Waals surface area contributed by atoms with Crippen molar-refractivity contribution >= 4 is 103 Å². The van der Waals surface area contributed by atoms with Crippen LogP contribution in [0, 0.1) is 0 Å². The molecule has 0 aliphatic carbocycles. The molecule has 0 bridgehead atoms. The first kappa shape index (κ1) is 57.5. The number of nitrogens with zero attached hydrogens (tertiary/aromatic N) is 8. The number of carbonyl (C=O) groups is 2. The van der Waals surface area contributed by atoms with Crippen LogP contribution in [-0.4, -0.2) is 129 Å². The zero-order chi connectivity index (χ0) is 51.6. The predicted octanol–water partition coefficient (Wildman–Crippen LogP) is 8.07. The largest absolute Gasteiger partial charge is 0.508 e. The molecule has 2 amide bonds. The SMILES string of the molecule is Br.COc1cc(N2CCC(N(C)C(=O)n3cnc(-c4cccc(O)c4)c3)CC2)ccc1Br.COc1cc(N2CCC(N(C)C(=O)n3cnc(-c4cccc(OS(N)(=O)=O)c4)c3)CC2)ccc1Br.NS(=O)(=O)Cl. The minimum Gasteiger partial charge on any atom is -0.508 e. The van der Waals surface area contributed by atoms with E-state index in [1.807, 2.05) is 37.4 Å². The first-order chi connectivity index (χ1) is 33.6. The van der Waals surface area contributed by atoms with E-state index < -0.39 is 19.5 Å². The molecule has 20 nitrogen and oxygen atoms in total. The van der Waals surface area contributed by atoms with E-state index in [9.17, 15) is 31.5 Å². The van der Waals surface area contributed by atoms with Gasteiger partial charge < -0.3 is 38.4 Å². The van der Waals surface area contributed by atoms with Gasteiger partial charge in [-0.25, -0.2) is 24.7 Å². The van der Waals surface area contributed by atoms with E-state index in [4.69, 9.17) is 18.8 Å². The summed E-state index contributed by atoms with van der Waals surface area (Å²) in [5.41, 5.74) is 4.73. The van der Waals surface area contributed by atoms with Crippen molar-refractivity contribution in [1.82, 2.24) is 28.9 Å². The molecule has 26 heteroatoms. The number of piperidine rings is 2. The Balaban J connectivity index is 0.000000243. The van der Waals surface area contributed by atoms with Gasteiger partial charge in [0.1, 0.15) is 35.7 Å². The van der Waals surface area contributed by atoms with Gasteiger partial charge in [0.2, 0.25) is 0 Å². The number of methoxy groups -OCH3 is 2. The lowest BCUT2D eigenvalue weighted by atomic mass is 10.0. The van der Waals surface area contributed by atoms with Crippen LogP contribution in [0.3, 0.4) is 0 Å². The number of rotatable bonds is 10. The Bertz CT molecular complexity index is 3040. The highest BCUT2D eigenvalue weighted by atomic mass is 79.9. The fraction of sp³-hybridized carbons (Fsp3) is 0.304. The Hall–Kier alpha value is -5.41. The third-order valence-corrected chi connectivity index (χ3v) is 13.5. The number of amides is 2. The second-order valence-corrected chi connectivity index (χ2v) is 21.4. The van der Waals surface area contributed by atoms with Crippen molar-refractivity contribution in [3.8, 4) is 45.5 Å². The second kappa shape index (κ2) is 25.5. The van der Waals surface area contributed by atoms with Crippen LogP contribution in [-0.2, 0) is 19.5 Å². The van der Waals surface area contributed by atoms with Gasteiger partial charge >= 0.3 is 22.4 Å². The van der Waals surface area contributed by atoms with E-state index in [0.717, 1.165) is 89.2 Å². The highest BCUT2D eigenvalue weighted by Crippen LogP contribution is 2.33. The minimum absolute atomic E-state index is 0. The summed E-state index contributed by atoms with van der Waals surface area (Å²) < 4.78 is 61.0. The number of carbonyl (C=O) groups excluding carboxylic acids is 2. The van der Waals surface area contributed by atoms with E-state index in [-0.39, 0.29) is 52.6 Å². The number of nitrogens with two attached hydrogens (primary N) is 2. The molecule has 0 spiro atoms. The van der Waals surface area contributed by atoms with Crippen LogP contribution in [0.4, 0.5) is 21.0 Å². The highest BCUT2D eigenvalue weighted by Gasteiger charge is 2.29. The molecule has 2 saturated heterocycles. The average Bonchev–Trinajstić information content (AvgIpc) is 4.05. The van der Waals surface area contributed by atoms with Crippen molar-refractivity contribution in [2.45, 2.75) is 37.8 Å². The summed E-state index contributed by atoms with van der Waals surface area (Å²) in [6, 6.07) is 25.3. The molecular weight excluding hydrogens is 1190 g/mol. The average molecular weight is 1250 g/mol. The first-order valence-corrected chi connectivity index (χ1v) is 27.2. The Labute approximate surface area is 450 Å². The maximum Gasteiger partial charge on any atom is 0.380 e. The molecule has 72 heavy (non-hydrogen) atoms. The topological polar surface area (TPSA) is 251 Å². The molecule has 8 rings (SSSR count). The lowest BCUT2D eigenvalue weighted by molar-refractivity contribution is 0.180. The smallest absolute Gasteiger partial charge is 0.380 e. The monoisotopic (exact) mass is 1240 g/mol. The molecule has 2 aliphatic rings. The van der Waals surface area contributed by atoms with Gasteiger partial charge in [-0.15, -0.1) is 17.0 Å². The van der Waals surface area contributed by atoms with Gasteiger partial charge in [0.15, 0.2) is 0 Å². The molecule has 0 radical (unpaired) electrons. The molecule has 4 heterocycles. The van der Waals surface area contributed by atoms with Crippen LogP contribution >= 0.6 is 59.5 Å². The summed E-state index contributed by atoms with van der Waals surface area (Å²) in [4.78, 5) is 42.9. The van der Waals surface area contributed by atoms with Crippen LogP contribution < -0.4 is 33.7 Å². The number of benzene rings is 4. The maximum absolute atomic E-state index is 13.1. The summed E-state index contributed by atoms with van der Waals surface area (Å²) in [5, 5.41) is 18.7. The number of aromatic nitrogens is 4. The molecular formula is C46H54Br3ClN10O10S2. The van der Waals surface area contributed by atoms with Crippen molar-refractivity contribution in [3.05, 3.63) is 119 Å². The molecule has 388 valence electrons. The lowest BCUT2D eigenvalue weighted by Gasteiger charge is -2.37. The summed E-state index contributed by atoms with van der Waals surface area (Å²) >= 11 is 6.98. The van der Waals surface area contributed by atoms with Gasteiger partial charge in [-0.3, -0.25) is 9.13 Å². The van der Waals surface area contributed by atoms with E-state index in [0.29, 0.717) is 17.0 Å². The molecule has 0 atom stereocenters. The number of ether oxygens (including phenoxy) is 2. The van der Waals surface area contributed by atoms with Crippen molar-refractivity contribution in [1.29, 1.82) is 0 Å². The van der Waals surface area contributed by atoms with Crippen LogP contribution in [0.15, 0.2) is 119 Å². The van der Waals surface area contributed by atoms with E-state index in [2.05, 4.69) is 79.6 Å². The molecule has 6 aromatic rings. The first-order valence-electron chi connectivity index (χ1n) is 21.7. The molecule has 5 N–H and O–H groups in total. The van der Waals surface area contributed by atoms with Crippen molar-refractivity contribution in [3.63, 3.8) is 0 Å². The standard InChI is InChI=1S/C23H26BrN5O5S.C23H25BrN4O3.BrH.ClH2NO2S/c1-27(17-8-10-28(11-9-17)18-6-7-20(24)22(13-18)33-2)23(30)29-14-21(26-15-29)16-4-3-5-19(12-16)34-35(25,31)32;1-26(23(30)28-14-21(25-15-28)16-4-3-5-19(29)12-16)17-8-10-27(11-9-17)18-6-7-20(24)22(13-18)31-2;;1-5(2,3)4/h3-7,12-15,17H,8-11H2,1-2H3,(H2,25,31,32);3-7,12-15,17,29H,8-11H2,1-2H3;1H;(H2,2,3,4). The molecule has 0 saturated carbocycles. The van der Waals surface area contributed by atoms with E-state index >= 15 is 0 Å². The van der Waals surface area contributed by atoms with E-state index in [1.165, 1.54) is 33.9 Å². The Morgan fingerprint density at radius 1 is 0.681 bits per heavy atom. The van der Waals surface area contributed by atoms with Gasteiger partial charge in [-0.1, -0.05) is 24.3 Å². The van der Waals surface area contributed by atoms with Crippen LogP contribution in [0.1, 0.15) is 25.7 Å². The fourth-order valence-electron chi connectivity index (χ4n) is 8.05. The molecule has 2 aromatic heterocycles. The highest BCUT2D eigenvalue weighted by molar-refractivity contribution is 9.11. The number of phenols is 1. The van der Waals surface area contributed by atoms with Crippen LogP contribution in [0.25, 0.3) is 22.5 Å². The van der Waals surface area contributed by atoms with Crippen LogP contribution in [0.2, 0.25) is 0 Å². The van der Waals surface area contributed by atoms with Gasteiger partial charge in [0, 0.05) is 110 Å². The third kappa shape index (κ3) is 16.0. The fourth-order valence-corrected chi connectivity index (χ4v) is 9.24. The number of hydrogen-bond acceptors (Lipinski definition) is 14. The summed E-state index contributed by atoms with van der Waals surface area (Å²) in [7, 11) is 3.41. The zero-order valence-electron chi connectivity index (χ0n) is 39.4. The number of imidazole rings is 2. The number of aromatic hydroxyl groups is 1. The summed E-state index contributed by atoms with van der Waals surface area (Å²) in [6.07, 6.45) is 9.72. The number of anilines is 2. The number of halogens is 4. The van der Waals surface area contributed by atoms with Crippen molar-refractivity contribution in [2.24, 2.45) is 10.3 Å². The Morgan fingerprint density at radius 2 is 1.08 bits per heavy atom. The zero-order valence-corrected chi connectivity index (χ0v) is 46.7. The molecule has 4 aromatic carbocycles. The van der Waals surface area contributed by atoms with Gasteiger partial charge in [-0.2, -0.15) is 22.0 Å². The number of hydrogen-bond donors (Lipinski definition) is 3. The van der Waals surface area contributed by atoms with Gasteiger partial charge in [0.25, 0.3) is 9.24 Å². The maximum atomic E-state index is 13.1. The van der Waals surface area contributed by atoms with Gasteiger partial charge in [-0.05, 0) is 106 Å². The minimum atomic E-state index is -4.13. The molecule has 0 unspecified atom stereocenters. The van der Waals surface area contributed by atoms with Gasteiger partial charge in [0.05, 0.1) is 34.6 Å². The second-order valence-electron chi connectivity index (χ2n) is 16.3. The predicted molar refractivity (Wildman–Crippen MR) is 289 cm³/mol. The Kier molecular flexibility index (Phi) is 20.4. The van der Waals surface area contributed by atoms with Crippen molar-refractivity contribution < 1.29 is 45.2 Å². The summed E-state index contributed by atoms with van der Waals surface area (Å²) in [6.45, 7) is 3.37. The normalized spacial score (nSPS) is 14.1. The quantitative estimate of drug-likeness (QED) is 0.110. The van der Waals surface area contributed by atoms with Crippen molar-refractivity contribution in [2.75, 3.05) is 64.3 Å². The lowest BCUT2D eigenvalue weighted by Crippen LogP contribution is -2.46.